The molecule has 3 aromatic heterocycles. The van der Waals surface area contributed by atoms with Gasteiger partial charge < -0.3 is 25.3 Å². The number of hydrogen-bond acceptors (Lipinski definition) is 6. The topological polar surface area (TPSA) is 93.1 Å². The summed E-state index contributed by atoms with van der Waals surface area (Å²) in [5.41, 5.74) is 7.83. The van der Waals surface area contributed by atoms with E-state index in [1.165, 1.54) is 5.56 Å². The van der Waals surface area contributed by atoms with Crippen molar-refractivity contribution in [2.45, 2.75) is 19.0 Å². The maximum atomic E-state index is 12.9. The van der Waals surface area contributed by atoms with Crippen molar-refractivity contribution >= 4 is 28.4 Å². The minimum absolute atomic E-state index is 0.0647. The van der Waals surface area contributed by atoms with Crippen molar-refractivity contribution < 1.29 is 9.53 Å². The summed E-state index contributed by atoms with van der Waals surface area (Å²) >= 11 is 0. The van der Waals surface area contributed by atoms with Gasteiger partial charge in [-0.3, -0.25) is 4.79 Å². The Bertz CT molecular complexity index is 1490. The molecular formula is C27H26N6O2. The Morgan fingerprint density at radius 3 is 2.97 bits per heavy atom. The van der Waals surface area contributed by atoms with Crippen LogP contribution in [0.15, 0.2) is 48.8 Å². The number of pyridine rings is 2. The average molecular weight is 467 g/mol. The van der Waals surface area contributed by atoms with Gasteiger partial charge in [-0.05, 0) is 46.5 Å². The lowest BCUT2D eigenvalue weighted by molar-refractivity contribution is 0.0966. The molecule has 1 fully saturated rings. The largest absolute Gasteiger partial charge is 0.380 e. The molecule has 176 valence electrons. The van der Waals surface area contributed by atoms with E-state index in [1.54, 1.807) is 0 Å². The number of fused-ring (bicyclic) bond motifs is 5. The minimum Gasteiger partial charge on any atom is -0.380 e. The molecule has 3 aliphatic rings. The number of hydrogen-bond donors (Lipinski definition) is 3. The second-order valence-corrected chi connectivity index (χ2v) is 9.61. The highest BCUT2D eigenvalue weighted by molar-refractivity contribution is 6.07. The number of anilines is 2. The number of nitrogens with zero attached hydrogens (tertiary/aromatic N) is 3. The van der Waals surface area contributed by atoms with Crippen molar-refractivity contribution in [2.24, 2.45) is 13.0 Å². The molecule has 0 radical (unpaired) electrons. The van der Waals surface area contributed by atoms with Crippen LogP contribution in [0.5, 0.6) is 0 Å². The first-order valence-corrected chi connectivity index (χ1v) is 12.1. The third-order valence-corrected chi connectivity index (χ3v) is 7.59. The third kappa shape index (κ3) is 3.25. The fraction of sp³-hybridized carbons (Fsp3) is 0.296. The van der Waals surface area contributed by atoms with Crippen LogP contribution in [0.1, 0.15) is 33.1 Å². The molecule has 7 rings (SSSR count). The van der Waals surface area contributed by atoms with E-state index in [-0.39, 0.29) is 5.91 Å². The van der Waals surface area contributed by atoms with E-state index in [2.05, 4.69) is 39.1 Å². The van der Waals surface area contributed by atoms with Crippen LogP contribution in [-0.4, -0.2) is 40.2 Å². The van der Waals surface area contributed by atoms with Crippen molar-refractivity contribution in [1.29, 1.82) is 0 Å². The number of amides is 1. The molecule has 2 atom stereocenters. The summed E-state index contributed by atoms with van der Waals surface area (Å²) in [7, 11) is 1.99. The van der Waals surface area contributed by atoms with E-state index in [0.717, 1.165) is 71.2 Å². The van der Waals surface area contributed by atoms with Gasteiger partial charge in [0.05, 0.1) is 30.2 Å². The van der Waals surface area contributed by atoms with E-state index in [1.807, 2.05) is 42.2 Å². The first-order valence-electron chi connectivity index (χ1n) is 12.1. The number of ether oxygens (including phenoxy) is 1. The Morgan fingerprint density at radius 2 is 2.03 bits per heavy atom. The van der Waals surface area contributed by atoms with Crippen LogP contribution in [0.4, 0.5) is 11.5 Å². The van der Waals surface area contributed by atoms with Crippen molar-refractivity contribution in [3.63, 3.8) is 0 Å². The number of carbonyl (C=O) groups excluding carboxylic acids is 1. The zero-order valence-electron chi connectivity index (χ0n) is 19.5. The molecule has 0 unspecified atom stereocenters. The van der Waals surface area contributed by atoms with E-state index >= 15 is 0 Å². The van der Waals surface area contributed by atoms with Gasteiger partial charge >= 0.3 is 0 Å². The van der Waals surface area contributed by atoms with Gasteiger partial charge in [0.2, 0.25) is 0 Å². The van der Waals surface area contributed by atoms with Crippen LogP contribution in [0.2, 0.25) is 0 Å². The third-order valence-electron chi connectivity index (χ3n) is 7.59. The fourth-order valence-corrected chi connectivity index (χ4v) is 5.82. The highest BCUT2D eigenvalue weighted by Gasteiger charge is 2.33. The Labute approximate surface area is 202 Å². The summed E-state index contributed by atoms with van der Waals surface area (Å²) in [6.45, 7) is 3.75. The first-order chi connectivity index (χ1) is 17.2. The Balaban J connectivity index is 1.28. The molecule has 3 N–H and O–H groups in total. The fourth-order valence-electron chi connectivity index (χ4n) is 5.82. The maximum absolute atomic E-state index is 12.9. The normalized spacial score (nSPS) is 20.8. The molecule has 1 saturated heterocycles. The molecule has 0 aliphatic carbocycles. The lowest BCUT2D eigenvalue weighted by atomic mass is 9.89. The van der Waals surface area contributed by atoms with Crippen LogP contribution in [0.3, 0.4) is 0 Å². The van der Waals surface area contributed by atoms with Crippen LogP contribution in [0.25, 0.3) is 22.2 Å². The molecule has 0 spiro atoms. The van der Waals surface area contributed by atoms with Crippen LogP contribution < -0.4 is 16.0 Å². The molecule has 35 heavy (non-hydrogen) atoms. The molecule has 3 aliphatic heterocycles. The zero-order valence-corrected chi connectivity index (χ0v) is 19.5. The number of aryl methyl sites for hydroxylation is 1. The number of rotatable bonds is 3. The number of aromatic nitrogens is 3. The van der Waals surface area contributed by atoms with Crippen molar-refractivity contribution in [3.05, 3.63) is 71.2 Å². The van der Waals surface area contributed by atoms with Crippen LogP contribution in [0, 0.1) is 5.92 Å². The monoisotopic (exact) mass is 466 g/mol. The summed E-state index contributed by atoms with van der Waals surface area (Å²) in [5.74, 6) is 1.57. The van der Waals surface area contributed by atoms with E-state index in [9.17, 15) is 4.79 Å². The predicted octanol–water partition coefficient (Wildman–Crippen LogP) is 3.46. The SMILES string of the molecule is Cn1ccc2c(-c3ccc(Nc4ccc5c(n4)CNC[C@H]4COC[C@H]54)c4c3CNC4=O)ccnc21. The quantitative estimate of drug-likeness (QED) is 0.428. The van der Waals surface area contributed by atoms with Crippen molar-refractivity contribution in [1.82, 2.24) is 25.2 Å². The van der Waals surface area contributed by atoms with Crippen LogP contribution in [-0.2, 0) is 24.9 Å². The molecule has 4 aromatic rings. The Morgan fingerprint density at radius 1 is 1.09 bits per heavy atom. The van der Waals surface area contributed by atoms with E-state index in [0.29, 0.717) is 23.9 Å². The molecule has 6 heterocycles. The molecule has 0 bridgehead atoms. The summed E-state index contributed by atoms with van der Waals surface area (Å²) in [6, 6.07) is 12.4. The number of carbonyl (C=O) groups is 1. The van der Waals surface area contributed by atoms with Gasteiger partial charge in [0.1, 0.15) is 11.5 Å². The van der Waals surface area contributed by atoms with Gasteiger partial charge in [0, 0.05) is 56.3 Å². The number of benzene rings is 1. The van der Waals surface area contributed by atoms with Gasteiger partial charge in [-0.1, -0.05) is 12.1 Å². The summed E-state index contributed by atoms with van der Waals surface area (Å²) in [6.07, 6.45) is 3.84. The molecule has 8 heteroatoms. The van der Waals surface area contributed by atoms with Crippen molar-refractivity contribution in [3.8, 4) is 11.1 Å². The predicted molar refractivity (Wildman–Crippen MR) is 134 cm³/mol. The number of nitrogens with one attached hydrogen (secondary N) is 3. The van der Waals surface area contributed by atoms with Gasteiger partial charge in [0.25, 0.3) is 5.91 Å². The molecule has 1 aromatic carbocycles. The van der Waals surface area contributed by atoms with E-state index in [4.69, 9.17) is 9.72 Å². The standard InChI is InChI=1S/C27H26N6O2/c1-33-9-7-19-17(6-8-29-26(19)33)16-2-4-22(25-20(16)11-30-27(25)34)31-24-5-3-18-21-14-35-13-15(21)10-28-12-23(18)32-24/h2-9,15,21,28H,10-14H2,1H3,(H,30,34)(H,31,32)/t15-,21-/m0/s1. The van der Waals surface area contributed by atoms with E-state index < -0.39 is 0 Å². The average Bonchev–Trinajstić information content (AvgIpc) is 3.57. The first kappa shape index (κ1) is 20.6. The van der Waals surface area contributed by atoms with Crippen molar-refractivity contribution in [2.75, 3.05) is 25.1 Å². The smallest absolute Gasteiger partial charge is 0.254 e. The van der Waals surface area contributed by atoms with Gasteiger partial charge in [-0.15, -0.1) is 0 Å². The lowest BCUT2D eigenvalue weighted by Crippen LogP contribution is -2.22. The summed E-state index contributed by atoms with van der Waals surface area (Å²) in [5, 5.41) is 11.0. The van der Waals surface area contributed by atoms with Gasteiger partial charge in [0.15, 0.2) is 0 Å². The Hall–Kier alpha value is -3.75. The highest BCUT2D eigenvalue weighted by atomic mass is 16.5. The second-order valence-electron chi connectivity index (χ2n) is 9.61. The van der Waals surface area contributed by atoms with Gasteiger partial charge in [-0.25, -0.2) is 9.97 Å². The van der Waals surface area contributed by atoms with Crippen LogP contribution >= 0.6 is 0 Å². The minimum atomic E-state index is -0.0647. The molecule has 1 amide bonds. The zero-order chi connectivity index (χ0) is 23.5. The molecular weight excluding hydrogens is 440 g/mol. The highest BCUT2D eigenvalue weighted by Crippen LogP contribution is 2.39. The summed E-state index contributed by atoms with van der Waals surface area (Å²) in [4.78, 5) is 22.4. The molecule has 0 saturated carbocycles. The maximum Gasteiger partial charge on any atom is 0.254 e. The Kier molecular flexibility index (Phi) is 4.65. The molecule has 8 nitrogen and oxygen atoms in total. The van der Waals surface area contributed by atoms with Gasteiger partial charge in [-0.2, -0.15) is 0 Å². The summed E-state index contributed by atoms with van der Waals surface area (Å²) < 4.78 is 7.75. The second kappa shape index (κ2) is 7.90. The lowest BCUT2D eigenvalue weighted by Gasteiger charge is -2.17.